The molecule has 1 fully saturated rings. The van der Waals surface area contributed by atoms with Crippen molar-refractivity contribution >= 4 is 11.6 Å². The van der Waals surface area contributed by atoms with E-state index in [2.05, 4.69) is 5.32 Å². The number of ether oxygens (including phenoxy) is 1. The monoisotopic (exact) mass is 265 g/mol. The summed E-state index contributed by atoms with van der Waals surface area (Å²) in [5, 5.41) is 3.07. The number of nitrogen functional groups attached to an aromatic ring is 1. The van der Waals surface area contributed by atoms with Crippen LogP contribution in [0, 0.1) is 0 Å². The number of nitrogens with two attached hydrogens (primary N) is 1. The number of nitrogens with one attached hydrogen (secondary N) is 1. The molecule has 0 radical (unpaired) electrons. The van der Waals surface area contributed by atoms with E-state index >= 15 is 0 Å². The van der Waals surface area contributed by atoms with Gasteiger partial charge in [-0.15, -0.1) is 0 Å². The first-order valence-electron chi connectivity index (χ1n) is 6.82. The third-order valence-electron chi connectivity index (χ3n) is 3.71. The largest absolute Gasteiger partial charge is 0.397 e. The summed E-state index contributed by atoms with van der Waals surface area (Å²) < 4.78 is 7.23. The second-order valence-corrected chi connectivity index (χ2v) is 5.50. The Morgan fingerprint density at radius 3 is 2.84 bits per heavy atom. The Hall–Kier alpha value is -1.49. The first-order chi connectivity index (χ1) is 9.01. The summed E-state index contributed by atoms with van der Waals surface area (Å²) in [5.41, 5.74) is 7.04. The number of methoxy groups -OCH3 is 1. The van der Waals surface area contributed by atoms with Gasteiger partial charge in [-0.25, -0.2) is 0 Å². The third-order valence-corrected chi connectivity index (χ3v) is 3.71. The predicted octanol–water partition coefficient (Wildman–Crippen LogP) is 1.95. The maximum atomic E-state index is 12.3. The molecular weight excluding hydrogens is 242 g/mol. The van der Waals surface area contributed by atoms with Crippen molar-refractivity contribution in [2.75, 3.05) is 12.8 Å². The molecule has 3 N–H and O–H groups in total. The number of amides is 1. The van der Waals surface area contributed by atoms with Crippen LogP contribution in [0.15, 0.2) is 12.3 Å². The maximum Gasteiger partial charge on any atom is 0.268 e. The lowest BCUT2D eigenvalue weighted by Crippen LogP contribution is -2.34. The van der Waals surface area contributed by atoms with Gasteiger partial charge in [0.05, 0.1) is 11.8 Å². The predicted molar refractivity (Wildman–Crippen MR) is 75.1 cm³/mol. The highest BCUT2D eigenvalue weighted by molar-refractivity contribution is 5.94. The molecule has 1 aromatic heterocycles. The van der Waals surface area contributed by atoms with Crippen LogP contribution >= 0.6 is 0 Å². The molecular formula is C14H23N3O2. The van der Waals surface area contributed by atoms with Gasteiger partial charge < -0.3 is 20.4 Å². The fraction of sp³-hybridized carbons (Fsp3) is 0.643. The molecule has 1 aliphatic rings. The summed E-state index contributed by atoms with van der Waals surface area (Å²) in [6, 6.07) is 2.15. The molecule has 1 aliphatic carbocycles. The smallest absolute Gasteiger partial charge is 0.268 e. The molecule has 0 saturated heterocycles. The number of aromatic nitrogens is 1. The van der Waals surface area contributed by atoms with E-state index in [9.17, 15) is 4.79 Å². The van der Waals surface area contributed by atoms with E-state index in [1.54, 1.807) is 13.2 Å². The molecule has 0 aromatic carbocycles. The average Bonchev–Trinajstić information content (AvgIpc) is 2.95. The van der Waals surface area contributed by atoms with Crippen LogP contribution in [0.5, 0.6) is 0 Å². The highest BCUT2D eigenvalue weighted by atomic mass is 16.5. The van der Waals surface area contributed by atoms with Gasteiger partial charge in [-0.2, -0.15) is 0 Å². The highest BCUT2D eigenvalue weighted by Crippen LogP contribution is 2.22. The van der Waals surface area contributed by atoms with Crippen molar-refractivity contribution in [1.29, 1.82) is 0 Å². The molecule has 0 aliphatic heterocycles. The molecule has 0 spiro atoms. The van der Waals surface area contributed by atoms with E-state index in [-0.39, 0.29) is 24.1 Å². The lowest BCUT2D eigenvalue weighted by molar-refractivity contribution is 0.0905. The number of carbonyl (C=O) groups excluding carboxylic acids is 1. The molecule has 0 bridgehead atoms. The zero-order valence-corrected chi connectivity index (χ0v) is 11.8. The van der Waals surface area contributed by atoms with Crippen LogP contribution < -0.4 is 11.1 Å². The summed E-state index contributed by atoms with van der Waals surface area (Å²) in [6.07, 6.45) is 4.95. The van der Waals surface area contributed by atoms with Crippen molar-refractivity contribution < 1.29 is 9.53 Å². The van der Waals surface area contributed by atoms with Gasteiger partial charge in [0.1, 0.15) is 5.69 Å². The Bertz CT molecular complexity index is 454. The zero-order chi connectivity index (χ0) is 14.0. The SMILES string of the molecule is COC1CCC(NC(=O)c2cc(N)cn2C(C)C)C1. The van der Waals surface area contributed by atoms with Crippen molar-refractivity contribution in [2.45, 2.75) is 51.3 Å². The molecule has 2 atom stereocenters. The highest BCUT2D eigenvalue weighted by Gasteiger charge is 2.27. The molecule has 1 aromatic rings. The number of carbonyl (C=O) groups is 1. The fourth-order valence-electron chi connectivity index (χ4n) is 2.65. The minimum absolute atomic E-state index is 0.0489. The van der Waals surface area contributed by atoms with Crippen LogP contribution in [-0.2, 0) is 4.74 Å². The van der Waals surface area contributed by atoms with Crippen molar-refractivity contribution in [3.05, 3.63) is 18.0 Å². The second-order valence-electron chi connectivity index (χ2n) is 5.50. The van der Waals surface area contributed by atoms with Gasteiger partial charge >= 0.3 is 0 Å². The minimum atomic E-state index is -0.0489. The van der Waals surface area contributed by atoms with Crippen LogP contribution in [0.25, 0.3) is 0 Å². The van der Waals surface area contributed by atoms with Gasteiger partial charge in [0.25, 0.3) is 5.91 Å². The Morgan fingerprint density at radius 2 is 2.26 bits per heavy atom. The Balaban J connectivity index is 2.04. The fourth-order valence-corrected chi connectivity index (χ4v) is 2.65. The van der Waals surface area contributed by atoms with E-state index in [1.165, 1.54) is 0 Å². The molecule has 19 heavy (non-hydrogen) atoms. The van der Waals surface area contributed by atoms with Crippen molar-refractivity contribution in [2.24, 2.45) is 0 Å². The van der Waals surface area contributed by atoms with Crippen LogP contribution in [0.3, 0.4) is 0 Å². The maximum absolute atomic E-state index is 12.3. The van der Waals surface area contributed by atoms with Crippen LogP contribution in [-0.4, -0.2) is 29.7 Å². The summed E-state index contributed by atoms with van der Waals surface area (Å²) in [7, 11) is 1.72. The van der Waals surface area contributed by atoms with Crippen LogP contribution in [0.4, 0.5) is 5.69 Å². The first-order valence-corrected chi connectivity index (χ1v) is 6.82. The van der Waals surface area contributed by atoms with Crippen molar-refractivity contribution in [1.82, 2.24) is 9.88 Å². The number of nitrogens with zero attached hydrogens (tertiary/aromatic N) is 1. The van der Waals surface area contributed by atoms with E-state index in [0.717, 1.165) is 19.3 Å². The molecule has 5 heteroatoms. The van der Waals surface area contributed by atoms with Gasteiger partial charge in [0, 0.05) is 25.4 Å². The van der Waals surface area contributed by atoms with Gasteiger partial charge in [-0.3, -0.25) is 4.79 Å². The topological polar surface area (TPSA) is 69.3 Å². The normalized spacial score (nSPS) is 22.9. The number of rotatable bonds is 4. The first kappa shape index (κ1) is 13.9. The Kier molecular flexibility index (Phi) is 4.14. The van der Waals surface area contributed by atoms with Crippen molar-refractivity contribution in [3.8, 4) is 0 Å². The summed E-state index contributed by atoms with van der Waals surface area (Å²) in [6.45, 7) is 4.07. The van der Waals surface area contributed by atoms with Crippen LogP contribution in [0.1, 0.15) is 49.6 Å². The van der Waals surface area contributed by atoms with E-state index in [4.69, 9.17) is 10.5 Å². The average molecular weight is 265 g/mol. The lowest BCUT2D eigenvalue weighted by Gasteiger charge is -2.16. The van der Waals surface area contributed by atoms with Gasteiger partial charge in [0.2, 0.25) is 0 Å². The Labute approximate surface area is 114 Å². The minimum Gasteiger partial charge on any atom is -0.397 e. The molecule has 5 nitrogen and oxygen atoms in total. The Morgan fingerprint density at radius 1 is 1.53 bits per heavy atom. The quantitative estimate of drug-likeness (QED) is 0.874. The molecule has 1 heterocycles. The number of anilines is 1. The van der Waals surface area contributed by atoms with E-state index in [1.807, 2.05) is 24.6 Å². The molecule has 2 rings (SSSR count). The summed E-state index contributed by atoms with van der Waals surface area (Å²) >= 11 is 0. The summed E-state index contributed by atoms with van der Waals surface area (Å²) in [4.78, 5) is 12.3. The van der Waals surface area contributed by atoms with E-state index < -0.39 is 0 Å². The number of hydrogen-bond acceptors (Lipinski definition) is 3. The van der Waals surface area contributed by atoms with Gasteiger partial charge in [0.15, 0.2) is 0 Å². The lowest BCUT2D eigenvalue weighted by atomic mass is 10.2. The summed E-state index contributed by atoms with van der Waals surface area (Å²) in [5.74, 6) is -0.0489. The second kappa shape index (κ2) is 5.65. The van der Waals surface area contributed by atoms with Crippen molar-refractivity contribution in [3.63, 3.8) is 0 Å². The third kappa shape index (κ3) is 3.10. The van der Waals surface area contributed by atoms with E-state index in [0.29, 0.717) is 11.4 Å². The van der Waals surface area contributed by atoms with Gasteiger partial charge in [-0.1, -0.05) is 0 Å². The standard InChI is InChI=1S/C14H23N3O2/c1-9(2)17-8-10(15)6-13(17)14(18)16-11-4-5-12(7-11)19-3/h6,8-9,11-12H,4-5,7,15H2,1-3H3,(H,16,18). The number of hydrogen-bond donors (Lipinski definition) is 2. The molecule has 106 valence electrons. The van der Waals surface area contributed by atoms with Crippen LogP contribution in [0.2, 0.25) is 0 Å². The van der Waals surface area contributed by atoms with Gasteiger partial charge in [-0.05, 0) is 39.2 Å². The zero-order valence-electron chi connectivity index (χ0n) is 11.8. The molecule has 1 amide bonds. The molecule has 1 saturated carbocycles. The molecule has 2 unspecified atom stereocenters.